The molecule has 1 N–H and O–H groups in total. The molecule has 1 fully saturated rings. The summed E-state index contributed by atoms with van der Waals surface area (Å²) >= 11 is 0. The summed E-state index contributed by atoms with van der Waals surface area (Å²) in [4.78, 5) is 49.9. The van der Waals surface area contributed by atoms with E-state index in [4.69, 9.17) is 9.47 Å². The molecule has 0 spiro atoms. The zero-order valence-electron chi connectivity index (χ0n) is 22.0. The van der Waals surface area contributed by atoms with Gasteiger partial charge < -0.3 is 9.47 Å². The van der Waals surface area contributed by atoms with Crippen molar-refractivity contribution < 1.29 is 28.8 Å². The van der Waals surface area contributed by atoms with Crippen LogP contribution in [0.4, 0.5) is 16.2 Å². The number of ether oxygens (including phenoxy) is 2. The number of carbonyl (C=O) groups excluding carboxylic acids is 3. The lowest BCUT2D eigenvalue weighted by Gasteiger charge is -2.26. The van der Waals surface area contributed by atoms with Crippen LogP contribution in [0, 0.1) is 10.1 Å². The number of hydrogen-bond acceptors (Lipinski definition) is 7. The van der Waals surface area contributed by atoms with E-state index in [0.29, 0.717) is 40.3 Å². The Morgan fingerprint density at radius 1 is 1.02 bits per heavy atom. The number of nitrogens with one attached hydrogen (secondary N) is 1. The quantitative estimate of drug-likeness (QED) is 0.124. The smallest absolute Gasteiger partial charge is 0.335 e. The van der Waals surface area contributed by atoms with Crippen molar-refractivity contribution in [1.82, 2.24) is 5.32 Å². The predicted molar refractivity (Wildman–Crippen MR) is 149 cm³/mol. The molecule has 3 aromatic rings. The Morgan fingerprint density at radius 3 is 2.30 bits per heavy atom. The maximum Gasteiger partial charge on any atom is 0.335 e. The van der Waals surface area contributed by atoms with Crippen molar-refractivity contribution in [2.75, 3.05) is 12.0 Å². The number of methoxy groups -OCH3 is 1. The van der Waals surface area contributed by atoms with E-state index in [1.165, 1.54) is 25.3 Å². The van der Waals surface area contributed by atoms with Crippen molar-refractivity contribution in [1.29, 1.82) is 0 Å². The maximum atomic E-state index is 13.3. The third kappa shape index (κ3) is 5.91. The fourth-order valence-corrected chi connectivity index (χ4v) is 4.20. The fraction of sp³-hybridized carbons (Fsp3) is 0.167. The van der Waals surface area contributed by atoms with E-state index in [2.05, 4.69) is 11.9 Å². The van der Waals surface area contributed by atoms with Gasteiger partial charge in [-0.15, -0.1) is 6.58 Å². The number of carbonyl (C=O) groups is 3. The van der Waals surface area contributed by atoms with Crippen LogP contribution in [0.25, 0.3) is 6.08 Å². The van der Waals surface area contributed by atoms with E-state index in [-0.39, 0.29) is 17.9 Å². The number of allylic oxidation sites excluding steroid dienone is 1. The Balaban J connectivity index is 1.66. The van der Waals surface area contributed by atoms with Gasteiger partial charge in [0.1, 0.15) is 12.2 Å². The second-order valence-corrected chi connectivity index (χ2v) is 8.89. The van der Waals surface area contributed by atoms with Gasteiger partial charge in [-0.2, -0.15) is 0 Å². The lowest BCUT2D eigenvalue weighted by atomic mass is 10.0. The summed E-state index contributed by atoms with van der Waals surface area (Å²) in [6.07, 6.45) is 4.25. The number of amides is 4. The monoisotopic (exact) mass is 541 g/mol. The average Bonchev–Trinajstić information content (AvgIpc) is 2.95. The SMILES string of the molecule is C=CCc1cc(/C=C2/C(=O)NC(=O)N(c3ccc(CC)cc3)C2=O)cc(OC)c1OCc1ccc([N+](=O)[O-])cc1. The molecule has 1 heterocycles. The molecular weight excluding hydrogens is 514 g/mol. The zero-order chi connectivity index (χ0) is 28.8. The molecule has 4 rings (SSSR count). The van der Waals surface area contributed by atoms with Gasteiger partial charge in [0.15, 0.2) is 11.5 Å². The first kappa shape index (κ1) is 27.8. The number of non-ortho nitro benzene ring substituents is 1. The number of benzene rings is 3. The summed E-state index contributed by atoms with van der Waals surface area (Å²) in [5.74, 6) is -0.782. The Bertz CT molecular complexity index is 1510. The number of urea groups is 1. The molecule has 0 atom stereocenters. The average molecular weight is 542 g/mol. The van der Waals surface area contributed by atoms with Crippen LogP contribution in [0.15, 0.2) is 78.9 Å². The summed E-state index contributed by atoms with van der Waals surface area (Å²) < 4.78 is 11.6. The Labute approximate surface area is 230 Å². The van der Waals surface area contributed by atoms with Crippen LogP contribution in [0.3, 0.4) is 0 Å². The van der Waals surface area contributed by atoms with Gasteiger partial charge >= 0.3 is 6.03 Å². The van der Waals surface area contributed by atoms with Crippen molar-refractivity contribution in [3.05, 3.63) is 111 Å². The fourth-order valence-electron chi connectivity index (χ4n) is 4.20. The molecule has 1 saturated heterocycles. The number of barbiturate groups is 1. The van der Waals surface area contributed by atoms with Crippen molar-refractivity contribution in [3.8, 4) is 11.5 Å². The molecule has 4 amide bonds. The molecule has 10 nitrogen and oxygen atoms in total. The van der Waals surface area contributed by atoms with Crippen molar-refractivity contribution in [2.45, 2.75) is 26.4 Å². The van der Waals surface area contributed by atoms with Gasteiger partial charge in [0, 0.05) is 17.7 Å². The van der Waals surface area contributed by atoms with E-state index in [9.17, 15) is 24.5 Å². The minimum absolute atomic E-state index is 0.0226. The van der Waals surface area contributed by atoms with Gasteiger partial charge in [-0.25, -0.2) is 9.69 Å². The molecule has 0 radical (unpaired) electrons. The van der Waals surface area contributed by atoms with Crippen LogP contribution in [-0.2, 0) is 29.0 Å². The number of imide groups is 2. The highest BCUT2D eigenvalue weighted by Gasteiger charge is 2.36. The molecule has 0 bridgehead atoms. The summed E-state index contributed by atoms with van der Waals surface area (Å²) in [6, 6.07) is 15.5. The Hall–Kier alpha value is -5.25. The van der Waals surface area contributed by atoms with Gasteiger partial charge in [0.05, 0.1) is 17.7 Å². The summed E-state index contributed by atoms with van der Waals surface area (Å²) in [5, 5.41) is 13.1. The highest BCUT2D eigenvalue weighted by atomic mass is 16.6. The topological polar surface area (TPSA) is 128 Å². The number of hydrogen-bond donors (Lipinski definition) is 1. The van der Waals surface area contributed by atoms with Crippen LogP contribution < -0.4 is 19.7 Å². The van der Waals surface area contributed by atoms with Crippen LogP contribution in [0.2, 0.25) is 0 Å². The third-order valence-corrected chi connectivity index (χ3v) is 6.28. The largest absolute Gasteiger partial charge is 0.493 e. The molecule has 1 aliphatic rings. The summed E-state index contributed by atoms with van der Waals surface area (Å²) in [6.45, 7) is 5.91. The lowest BCUT2D eigenvalue weighted by Crippen LogP contribution is -2.54. The molecule has 204 valence electrons. The second kappa shape index (κ2) is 12.1. The van der Waals surface area contributed by atoms with E-state index in [1.54, 1.807) is 42.5 Å². The van der Waals surface area contributed by atoms with Crippen LogP contribution in [-0.4, -0.2) is 29.9 Å². The number of aryl methyl sites for hydroxylation is 1. The number of nitrogens with zero attached hydrogens (tertiary/aromatic N) is 2. The van der Waals surface area contributed by atoms with E-state index >= 15 is 0 Å². The minimum Gasteiger partial charge on any atom is -0.493 e. The number of anilines is 1. The van der Waals surface area contributed by atoms with Gasteiger partial charge in [0.25, 0.3) is 17.5 Å². The standard InChI is InChI=1S/C30H27N3O7/c1-4-6-22-15-21(17-26(39-3)27(22)40-18-20-9-13-24(14-10-20)33(37)38)16-25-28(34)31-30(36)32(29(25)35)23-11-7-19(5-2)8-12-23/h4,7-17H,1,5-6,18H2,2-3H3,(H,31,34,36)/b25-16-. The Kier molecular flexibility index (Phi) is 8.39. The summed E-state index contributed by atoms with van der Waals surface area (Å²) in [7, 11) is 1.46. The molecule has 0 aromatic heterocycles. The molecule has 0 unspecified atom stereocenters. The molecular formula is C30H27N3O7. The van der Waals surface area contributed by atoms with E-state index < -0.39 is 22.8 Å². The van der Waals surface area contributed by atoms with Crippen LogP contribution in [0.5, 0.6) is 11.5 Å². The van der Waals surface area contributed by atoms with Gasteiger partial charge in [0.2, 0.25) is 0 Å². The summed E-state index contributed by atoms with van der Waals surface area (Å²) in [5.41, 5.74) is 3.01. The Morgan fingerprint density at radius 2 is 1.70 bits per heavy atom. The molecule has 10 heteroatoms. The van der Waals surface area contributed by atoms with Crippen molar-refractivity contribution in [3.63, 3.8) is 0 Å². The second-order valence-electron chi connectivity index (χ2n) is 8.89. The van der Waals surface area contributed by atoms with E-state index in [1.807, 2.05) is 19.1 Å². The van der Waals surface area contributed by atoms with Crippen LogP contribution >= 0.6 is 0 Å². The molecule has 40 heavy (non-hydrogen) atoms. The first-order valence-electron chi connectivity index (χ1n) is 12.4. The molecule has 1 aliphatic heterocycles. The first-order valence-corrected chi connectivity index (χ1v) is 12.4. The van der Waals surface area contributed by atoms with Crippen molar-refractivity contribution in [2.24, 2.45) is 0 Å². The zero-order valence-corrected chi connectivity index (χ0v) is 22.0. The maximum absolute atomic E-state index is 13.3. The third-order valence-electron chi connectivity index (χ3n) is 6.28. The highest BCUT2D eigenvalue weighted by molar-refractivity contribution is 6.39. The number of rotatable bonds is 10. The lowest BCUT2D eigenvalue weighted by molar-refractivity contribution is -0.384. The molecule has 0 saturated carbocycles. The van der Waals surface area contributed by atoms with E-state index in [0.717, 1.165) is 16.9 Å². The number of nitro groups is 1. The first-order chi connectivity index (χ1) is 19.2. The number of nitro benzene ring substituents is 1. The van der Waals surface area contributed by atoms with Gasteiger partial charge in [-0.1, -0.05) is 25.1 Å². The van der Waals surface area contributed by atoms with Gasteiger partial charge in [-0.3, -0.25) is 25.0 Å². The van der Waals surface area contributed by atoms with Crippen LogP contribution in [0.1, 0.15) is 29.2 Å². The van der Waals surface area contributed by atoms with Gasteiger partial charge in [-0.05, 0) is 72.0 Å². The molecule has 0 aliphatic carbocycles. The van der Waals surface area contributed by atoms with Crippen molar-refractivity contribution >= 4 is 35.3 Å². The normalized spacial score (nSPS) is 14.2. The minimum atomic E-state index is -0.823. The predicted octanol–water partition coefficient (Wildman–Crippen LogP) is 5.14. The highest BCUT2D eigenvalue weighted by Crippen LogP contribution is 2.35. The molecule has 3 aromatic carbocycles.